The van der Waals surface area contributed by atoms with Gasteiger partial charge in [0, 0.05) is 6.42 Å². The fourth-order valence-corrected chi connectivity index (χ4v) is 11.6. The van der Waals surface area contributed by atoms with Gasteiger partial charge >= 0.3 is 0 Å². The minimum atomic E-state index is -1.80. The Kier molecular flexibility index (Phi) is 60.3. The maximum Gasteiger partial charge on any atom is 0.220 e. The molecule has 1 amide bonds. The topological polar surface area (TPSA) is 228 Å². The molecule has 0 radical (unpaired) electrons. The number of aliphatic hydroxyl groups excluding tert-OH is 8. The van der Waals surface area contributed by atoms with E-state index in [-0.39, 0.29) is 18.9 Å². The van der Waals surface area contributed by atoms with Crippen LogP contribution in [0.4, 0.5) is 0 Å². The first-order valence-corrected chi connectivity index (χ1v) is 38.7. The molecule has 0 aromatic carbocycles. The van der Waals surface area contributed by atoms with Gasteiger partial charge in [0.05, 0.1) is 32.0 Å². The minimum absolute atomic E-state index is 0.250. The number of hydrogen-bond acceptors (Lipinski definition) is 13. The highest BCUT2D eigenvalue weighted by atomic mass is 16.7. The van der Waals surface area contributed by atoms with Crippen LogP contribution >= 0.6 is 0 Å². The Hall–Kier alpha value is -4.39. The third-order valence-corrected chi connectivity index (χ3v) is 17.7. The quantitative estimate of drug-likeness (QED) is 0.0204. The van der Waals surface area contributed by atoms with E-state index in [9.17, 15) is 45.6 Å². The van der Waals surface area contributed by atoms with Crippen molar-refractivity contribution in [3.05, 3.63) is 158 Å². The maximum atomic E-state index is 13.4. The second-order valence-corrected chi connectivity index (χ2v) is 26.4. The van der Waals surface area contributed by atoms with Gasteiger partial charge < -0.3 is 65.1 Å². The van der Waals surface area contributed by atoms with Crippen LogP contribution in [0.3, 0.4) is 0 Å². The van der Waals surface area contributed by atoms with Crippen molar-refractivity contribution in [3.63, 3.8) is 0 Å². The number of aliphatic hydroxyl groups is 8. The van der Waals surface area contributed by atoms with Crippen molar-refractivity contribution in [3.8, 4) is 0 Å². The second kappa shape index (κ2) is 65.9. The van der Waals surface area contributed by atoms with Crippen LogP contribution in [0.5, 0.6) is 0 Å². The number of ether oxygens (including phenoxy) is 4. The molecule has 2 aliphatic rings. The van der Waals surface area contributed by atoms with Gasteiger partial charge in [0.1, 0.15) is 48.8 Å². The summed E-state index contributed by atoms with van der Waals surface area (Å²) < 4.78 is 22.9. The van der Waals surface area contributed by atoms with Crippen molar-refractivity contribution >= 4 is 5.91 Å². The molecule has 2 rings (SSSR count). The summed E-state index contributed by atoms with van der Waals surface area (Å²) in [5.41, 5.74) is 0. The van der Waals surface area contributed by atoms with Gasteiger partial charge in [-0.15, -0.1) is 0 Å². The van der Waals surface area contributed by atoms with Crippen molar-refractivity contribution in [2.75, 3.05) is 19.8 Å². The van der Waals surface area contributed by atoms with Crippen LogP contribution in [0.15, 0.2) is 158 Å². The minimum Gasteiger partial charge on any atom is -0.394 e. The van der Waals surface area contributed by atoms with E-state index in [0.29, 0.717) is 12.8 Å². The second-order valence-electron chi connectivity index (χ2n) is 26.4. The van der Waals surface area contributed by atoms with E-state index in [4.69, 9.17) is 18.9 Å². The van der Waals surface area contributed by atoms with Crippen LogP contribution in [0.25, 0.3) is 0 Å². The normalized spacial score (nSPS) is 23.0. The van der Waals surface area contributed by atoms with Crippen molar-refractivity contribution in [1.29, 1.82) is 0 Å². The molecule has 12 atom stereocenters. The lowest BCUT2D eigenvalue weighted by molar-refractivity contribution is -0.359. The third-order valence-electron chi connectivity index (χ3n) is 17.7. The molecule has 0 aromatic heterocycles. The molecule has 2 saturated heterocycles. The summed E-state index contributed by atoms with van der Waals surface area (Å²) in [5.74, 6) is -0.267. The summed E-state index contributed by atoms with van der Waals surface area (Å²) in [6, 6.07) is -0.956. The molecule has 558 valence electrons. The predicted octanol–water partition coefficient (Wildman–Crippen LogP) is 17.3. The molecule has 0 bridgehead atoms. The van der Waals surface area contributed by atoms with Crippen molar-refractivity contribution in [1.82, 2.24) is 5.32 Å². The fourth-order valence-electron chi connectivity index (χ4n) is 11.6. The van der Waals surface area contributed by atoms with E-state index in [1.165, 1.54) is 116 Å². The van der Waals surface area contributed by atoms with E-state index in [2.05, 4.69) is 165 Å². The number of carbonyl (C=O) groups excluding carboxylic acids is 1. The lowest BCUT2D eigenvalue weighted by Crippen LogP contribution is -2.65. The number of amides is 1. The Morgan fingerprint density at radius 1 is 0.378 bits per heavy atom. The van der Waals surface area contributed by atoms with Gasteiger partial charge in [-0.3, -0.25) is 4.79 Å². The monoisotopic (exact) mass is 1370 g/mol. The fraction of sp³-hybridized carbons (Fsp3) is 0.679. The Morgan fingerprint density at radius 2 is 0.714 bits per heavy atom. The van der Waals surface area contributed by atoms with Crippen LogP contribution in [0, 0.1) is 0 Å². The summed E-state index contributed by atoms with van der Waals surface area (Å²) in [4.78, 5) is 13.4. The molecule has 14 nitrogen and oxygen atoms in total. The molecule has 14 heteroatoms. The highest BCUT2D eigenvalue weighted by Crippen LogP contribution is 2.30. The van der Waals surface area contributed by atoms with Crippen LogP contribution in [0.2, 0.25) is 0 Å². The molecule has 0 aliphatic carbocycles. The van der Waals surface area contributed by atoms with Gasteiger partial charge in [0.2, 0.25) is 5.91 Å². The van der Waals surface area contributed by atoms with Crippen LogP contribution in [-0.4, -0.2) is 140 Å². The smallest absolute Gasteiger partial charge is 0.220 e. The average molecular weight is 1370 g/mol. The molecule has 98 heavy (non-hydrogen) atoms. The Morgan fingerprint density at radius 3 is 1.12 bits per heavy atom. The number of rotatable bonds is 62. The summed E-state index contributed by atoms with van der Waals surface area (Å²) in [6.45, 7) is 2.66. The molecule has 2 heterocycles. The van der Waals surface area contributed by atoms with E-state index in [0.717, 1.165) is 122 Å². The zero-order valence-electron chi connectivity index (χ0n) is 61.0. The highest BCUT2D eigenvalue weighted by Gasteiger charge is 2.51. The molecule has 0 aromatic rings. The molecule has 0 spiro atoms. The summed E-state index contributed by atoms with van der Waals surface area (Å²) in [5, 5.41) is 87.6. The number of carbonyl (C=O) groups is 1. The van der Waals surface area contributed by atoms with Gasteiger partial charge in [0.25, 0.3) is 0 Å². The van der Waals surface area contributed by atoms with Gasteiger partial charge in [-0.05, 0) is 122 Å². The number of nitrogens with one attached hydrogen (secondary N) is 1. The number of unbranched alkanes of at least 4 members (excludes halogenated alkanes) is 25. The van der Waals surface area contributed by atoms with Crippen LogP contribution < -0.4 is 5.32 Å². The molecular weight excluding hydrogens is 1230 g/mol. The highest BCUT2D eigenvalue weighted by molar-refractivity contribution is 5.76. The Bertz CT molecular complexity index is 2260. The first kappa shape index (κ1) is 89.7. The summed E-state index contributed by atoms with van der Waals surface area (Å²) >= 11 is 0. The summed E-state index contributed by atoms with van der Waals surface area (Å²) in [6.07, 6.45) is 84.5. The first-order chi connectivity index (χ1) is 48.1. The molecule has 2 aliphatic heterocycles. The standard InChI is InChI=1S/C84H139NO13/c1-3-5-7-9-11-13-15-17-19-21-23-25-27-29-30-31-32-33-34-35-36-37-38-39-40-41-42-44-46-48-50-52-54-56-58-60-62-64-66-68-76(89)85-72(71-95-83-81(94)79(92)82(75(70-87)97-83)98-84-80(93)78(91)77(90)74(69-86)96-84)73(88)67-65-63-61-59-57-55-53-51-49-47-45-43-28-26-24-22-20-18-16-14-12-10-8-6-4-2/h5,7,11,13,17,19,23,25,29-30,32-33,35-36,38-39,41-42,46,48-49,51,57,59,65,67,72-75,77-84,86-88,90-94H,3-4,6,8-10,12,14-16,18,20-22,24,26-28,31,34,37,40,43-45,47,50,52-56,58,60-64,66,68-71H2,1-2H3,(H,85,89)/b7-5-,13-11-,19-17-,25-23-,30-29-,33-32-,36-35-,39-38-,42-41-,48-46-,51-49+,59-57+,67-65+. The van der Waals surface area contributed by atoms with Gasteiger partial charge in [0.15, 0.2) is 12.6 Å². The molecular formula is C84H139NO13. The van der Waals surface area contributed by atoms with Crippen molar-refractivity contribution in [2.24, 2.45) is 0 Å². The van der Waals surface area contributed by atoms with Gasteiger partial charge in [-0.25, -0.2) is 0 Å². The zero-order chi connectivity index (χ0) is 70.8. The van der Waals surface area contributed by atoms with Crippen LogP contribution in [-0.2, 0) is 23.7 Å². The third kappa shape index (κ3) is 48.4. The Balaban J connectivity index is 1.67. The Labute approximate surface area is 595 Å². The molecule has 12 unspecified atom stereocenters. The number of hydrogen-bond donors (Lipinski definition) is 9. The van der Waals surface area contributed by atoms with Gasteiger partial charge in [-0.1, -0.05) is 300 Å². The maximum absolute atomic E-state index is 13.4. The molecule has 0 saturated carbocycles. The van der Waals surface area contributed by atoms with E-state index in [1.807, 2.05) is 6.08 Å². The summed E-state index contributed by atoms with van der Waals surface area (Å²) in [7, 11) is 0. The van der Waals surface area contributed by atoms with Crippen molar-refractivity contribution < 1.29 is 64.6 Å². The van der Waals surface area contributed by atoms with E-state index < -0.39 is 86.8 Å². The van der Waals surface area contributed by atoms with Crippen molar-refractivity contribution in [2.45, 2.75) is 344 Å². The SMILES string of the molecule is CC/C=C\C/C=C\C/C=C\C/C=C\C/C=C\C/C=C\C/C=C\C/C=C\C/C=C\C/C=C\CCCCCCCCCCC(=O)NC(COC1OC(CO)C(OC2OC(CO)C(O)C(O)C2O)C(O)C1O)C(O)/C=C/CC/C=C/CC/C=C/CCCCCCCCCCCCCCCCC. The number of allylic oxidation sites excluding steroid dienone is 25. The van der Waals surface area contributed by atoms with Crippen LogP contribution in [0.1, 0.15) is 271 Å². The molecule has 2 fully saturated rings. The lowest BCUT2D eigenvalue weighted by atomic mass is 9.97. The largest absolute Gasteiger partial charge is 0.394 e. The van der Waals surface area contributed by atoms with E-state index >= 15 is 0 Å². The average Bonchev–Trinajstić information content (AvgIpc) is 0.793. The van der Waals surface area contributed by atoms with Gasteiger partial charge in [-0.2, -0.15) is 0 Å². The first-order valence-electron chi connectivity index (χ1n) is 38.7. The zero-order valence-corrected chi connectivity index (χ0v) is 61.0. The lowest BCUT2D eigenvalue weighted by Gasteiger charge is -2.46. The predicted molar refractivity (Wildman–Crippen MR) is 405 cm³/mol. The molecule has 9 N–H and O–H groups in total. The van der Waals surface area contributed by atoms with E-state index in [1.54, 1.807) is 6.08 Å².